The predicted octanol–water partition coefficient (Wildman–Crippen LogP) is 1.78. The number of nitrogens with two attached hydrogens (primary N) is 1. The van der Waals surface area contributed by atoms with Gasteiger partial charge in [-0.3, -0.25) is 14.7 Å². The van der Waals surface area contributed by atoms with Gasteiger partial charge in [0.25, 0.3) is 0 Å². The third-order valence-corrected chi connectivity index (χ3v) is 6.22. The van der Waals surface area contributed by atoms with E-state index in [0.717, 1.165) is 25.1 Å². The quantitative estimate of drug-likeness (QED) is 0.449. The number of rotatable bonds is 9. The van der Waals surface area contributed by atoms with Gasteiger partial charge in [-0.05, 0) is 37.4 Å². The van der Waals surface area contributed by atoms with Crippen molar-refractivity contribution >= 4 is 17.5 Å². The summed E-state index contributed by atoms with van der Waals surface area (Å²) >= 11 is 0. The molecule has 2 aromatic heterocycles. The van der Waals surface area contributed by atoms with E-state index in [1.807, 2.05) is 0 Å². The van der Waals surface area contributed by atoms with Crippen molar-refractivity contribution in [3.8, 4) is 0 Å². The number of carbonyl (C=O) groups excluding carboxylic acids is 1. The van der Waals surface area contributed by atoms with Crippen molar-refractivity contribution in [2.75, 3.05) is 36.4 Å². The molecule has 0 spiro atoms. The topological polar surface area (TPSA) is 120 Å². The van der Waals surface area contributed by atoms with Gasteiger partial charge >= 0.3 is 6.18 Å². The zero-order valence-corrected chi connectivity index (χ0v) is 18.9. The monoisotopic (exact) mass is 497 g/mol. The van der Waals surface area contributed by atoms with Gasteiger partial charge in [-0.1, -0.05) is 6.07 Å². The lowest BCUT2D eigenvalue weighted by Gasteiger charge is -2.35. The second-order valence-corrected chi connectivity index (χ2v) is 8.97. The van der Waals surface area contributed by atoms with E-state index in [-0.39, 0.29) is 43.2 Å². The average molecular weight is 497 g/mol. The molecule has 0 bridgehead atoms. The predicted molar refractivity (Wildman–Crippen MR) is 119 cm³/mol. The molecule has 4 N–H and O–H groups in total. The summed E-state index contributed by atoms with van der Waals surface area (Å²) < 4.78 is 53.8. The first-order valence-electron chi connectivity index (χ1n) is 11.3. The molecule has 35 heavy (non-hydrogen) atoms. The van der Waals surface area contributed by atoms with Crippen molar-refractivity contribution in [2.45, 2.75) is 44.1 Å². The summed E-state index contributed by atoms with van der Waals surface area (Å²) in [6, 6.07) is 2.25. The van der Waals surface area contributed by atoms with Crippen molar-refractivity contribution in [1.29, 1.82) is 0 Å². The first-order valence-corrected chi connectivity index (χ1v) is 11.3. The van der Waals surface area contributed by atoms with Crippen molar-refractivity contribution < 1.29 is 27.5 Å². The molecule has 1 amide bonds. The molecule has 0 unspecified atom stereocenters. The van der Waals surface area contributed by atoms with Gasteiger partial charge in [-0.15, -0.1) is 0 Å². The number of β-amino-alcohol motifs (C(OH)–C–C–N with tert-alkyl or cyclic N) is 1. The molecule has 2 atom stereocenters. The molecule has 1 aliphatic carbocycles. The summed E-state index contributed by atoms with van der Waals surface area (Å²) in [4.78, 5) is 26.2. The Bertz CT molecular complexity index is 1030. The van der Waals surface area contributed by atoms with E-state index in [1.54, 1.807) is 9.80 Å². The van der Waals surface area contributed by atoms with Gasteiger partial charge in [0, 0.05) is 37.8 Å². The molecule has 2 aromatic rings. The van der Waals surface area contributed by atoms with Gasteiger partial charge in [0.15, 0.2) is 11.6 Å². The molecule has 1 saturated heterocycles. The number of primary amides is 1. The average Bonchev–Trinajstić information content (AvgIpc) is 3.63. The Morgan fingerprint density at radius 2 is 2.00 bits per heavy atom. The standard InChI is InChI=1S/C22H27F4N7O2/c23-19-20(29-8-14-5-6-32(10-16(14)34)11-18(27)35)30-12-31-21(19)33(15-2-3-15)9-13-1-4-17(28-7-13)22(24,25)26/h1,4,7,12,14-16,34H,2-3,5-6,8-11H2,(H2,27,35)(H,29,30,31)/t14-,16+/m1/s1. The first kappa shape index (κ1) is 25.0. The van der Waals surface area contributed by atoms with E-state index in [4.69, 9.17) is 5.73 Å². The minimum atomic E-state index is -4.53. The Kier molecular flexibility index (Phi) is 7.36. The minimum absolute atomic E-state index is 0.0158. The third-order valence-electron chi connectivity index (χ3n) is 6.22. The van der Waals surface area contributed by atoms with Gasteiger partial charge in [0.05, 0.1) is 12.6 Å². The van der Waals surface area contributed by atoms with E-state index in [1.165, 1.54) is 12.4 Å². The lowest BCUT2D eigenvalue weighted by Crippen LogP contribution is -2.48. The SMILES string of the molecule is NC(=O)CN1CC[C@H](CNc2ncnc(N(Cc3ccc(C(F)(F)F)nc3)C3CC3)c2F)[C@@H](O)C1. The number of nitrogens with one attached hydrogen (secondary N) is 1. The van der Waals surface area contributed by atoms with Gasteiger partial charge in [0.2, 0.25) is 11.7 Å². The molecule has 2 aliphatic rings. The maximum absolute atomic E-state index is 15.4. The number of likely N-dealkylation sites (tertiary alicyclic amines) is 1. The zero-order valence-electron chi connectivity index (χ0n) is 18.9. The lowest BCUT2D eigenvalue weighted by atomic mass is 9.93. The van der Waals surface area contributed by atoms with Crippen molar-refractivity contribution in [2.24, 2.45) is 11.7 Å². The number of pyridine rings is 1. The van der Waals surface area contributed by atoms with E-state index in [9.17, 15) is 23.1 Å². The van der Waals surface area contributed by atoms with Crippen LogP contribution in [-0.2, 0) is 17.5 Å². The van der Waals surface area contributed by atoms with Crippen LogP contribution in [0, 0.1) is 11.7 Å². The number of amides is 1. The van der Waals surface area contributed by atoms with Crippen LogP contribution >= 0.6 is 0 Å². The third kappa shape index (κ3) is 6.34. The van der Waals surface area contributed by atoms with Crippen LogP contribution in [0.3, 0.4) is 0 Å². The summed E-state index contributed by atoms with van der Waals surface area (Å²) in [6.07, 6.45) is -0.645. The second kappa shape index (κ2) is 10.3. The summed E-state index contributed by atoms with van der Waals surface area (Å²) in [5, 5.41) is 13.4. The van der Waals surface area contributed by atoms with Gasteiger partial charge in [-0.2, -0.15) is 17.6 Å². The van der Waals surface area contributed by atoms with Gasteiger partial charge < -0.3 is 21.1 Å². The Morgan fingerprint density at radius 3 is 2.60 bits per heavy atom. The number of aromatic nitrogens is 3. The number of hydrogen-bond acceptors (Lipinski definition) is 8. The Labute approximate surface area is 199 Å². The highest BCUT2D eigenvalue weighted by atomic mass is 19.4. The fourth-order valence-electron chi connectivity index (χ4n) is 4.21. The molecule has 3 heterocycles. The highest BCUT2D eigenvalue weighted by molar-refractivity contribution is 5.75. The fourth-order valence-corrected chi connectivity index (χ4v) is 4.21. The molecule has 190 valence electrons. The summed E-state index contributed by atoms with van der Waals surface area (Å²) in [7, 11) is 0. The van der Waals surface area contributed by atoms with Crippen LogP contribution in [0.15, 0.2) is 24.7 Å². The van der Waals surface area contributed by atoms with Crippen LogP contribution in [0.2, 0.25) is 0 Å². The second-order valence-electron chi connectivity index (χ2n) is 8.97. The van der Waals surface area contributed by atoms with E-state index < -0.39 is 29.7 Å². The number of anilines is 2. The zero-order chi connectivity index (χ0) is 25.2. The van der Waals surface area contributed by atoms with E-state index in [2.05, 4.69) is 20.3 Å². The van der Waals surface area contributed by atoms with Crippen LogP contribution in [0.1, 0.15) is 30.5 Å². The normalized spacial score (nSPS) is 21.1. The lowest BCUT2D eigenvalue weighted by molar-refractivity contribution is -0.141. The smallest absolute Gasteiger partial charge is 0.391 e. The number of aliphatic hydroxyl groups is 1. The molecular formula is C22H27F4N7O2. The number of nitrogens with zero attached hydrogens (tertiary/aromatic N) is 5. The number of hydrogen-bond donors (Lipinski definition) is 3. The van der Waals surface area contributed by atoms with E-state index >= 15 is 4.39 Å². The van der Waals surface area contributed by atoms with Crippen LogP contribution in [-0.4, -0.2) is 69.2 Å². The van der Waals surface area contributed by atoms with Crippen LogP contribution in [0.4, 0.5) is 29.2 Å². The maximum Gasteiger partial charge on any atom is 0.433 e. The number of halogens is 4. The summed E-state index contributed by atoms with van der Waals surface area (Å²) in [5.74, 6) is -1.26. The fraction of sp³-hybridized carbons (Fsp3) is 0.545. The molecule has 1 aliphatic heterocycles. The van der Waals surface area contributed by atoms with Crippen LogP contribution < -0.4 is 16.0 Å². The highest BCUT2D eigenvalue weighted by Crippen LogP contribution is 2.35. The van der Waals surface area contributed by atoms with Crippen LogP contribution in [0.25, 0.3) is 0 Å². The summed E-state index contributed by atoms with van der Waals surface area (Å²) in [6.45, 7) is 1.38. The highest BCUT2D eigenvalue weighted by Gasteiger charge is 2.35. The van der Waals surface area contributed by atoms with Crippen molar-refractivity contribution in [3.05, 3.63) is 41.7 Å². The number of piperidine rings is 1. The van der Waals surface area contributed by atoms with Crippen molar-refractivity contribution in [3.63, 3.8) is 0 Å². The van der Waals surface area contributed by atoms with Crippen LogP contribution in [0.5, 0.6) is 0 Å². The molecule has 0 radical (unpaired) electrons. The number of carbonyl (C=O) groups is 1. The van der Waals surface area contributed by atoms with Gasteiger partial charge in [0.1, 0.15) is 12.0 Å². The Hall–Kier alpha value is -3.06. The van der Waals surface area contributed by atoms with Crippen molar-refractivity contribution in [1.82, 2.24) is 19.9 Å². The molecule has 9 nitrogen and oxygen atoms in total. The van der Waals surface area contributed by atoms with E-state index in [0.29, 0.717) is 25.1 Å². The number of aliphatic hydroxyl groups excluding tert-OH is 1. The molecule has 4 rings (SSSR count). The maximum atomic E-state index is 15.4. The summed E-state index contributed by atoms with van der Waals surface area (Å²) in [5.41, 5.74) is 4.73. The molecule has 2 fully saturated rings. The number of alkyl halides is 3. The Balaban J connectivity index is 1.42. The minimum Gasteiger partial charge on any atom is -0.391 e. The molecule has 0 aromatic carbocycles. The largest absolute Gasteiger partial charge is 0.433 e. The van der Waals surface area contributed by atoms with Gasteiger partial charge in [-0.25, -0.2) is 9.97 Å². The molecule has 13 heteroatoms. The molecular weight excluding hydrogens is 470 g/mol. The Morgan fingerprint density at radius 1 is 1.23 bits per heavy atom. The first-order chi connectivity index (χ1) is 16.6. The molecule has 1 saturated carbocycles.